The van der Waals surface area contributed by atoms with Crippen molar-refractivity contribution < 1.29 is 9.53 Å². The molecule has 1 aromatic rings. The van der Waals surface area contributed by atoms with E-state index >= 15 is 0 Å². The maximum absolute atomic E-state index is 12.0. The van der Waals surface area contributed by atoms with Crippen LogP contribution in [0.15, 0.2) is 30.3 Å². The Labute approximate surface area is 116 Å². The lowest BCUT2D eigenvalue weighted by Crippen LogP contribution is -2.16. The molecule has 1 aromatic carbocycles. The van der Waals surface area contributed by atoms with Crippen LogP contribution in [0, 0.1) is 5.92 Å². The number of carbonyl (C=O) groups is 1. The smallest absolute Gasteiger partial charge is 0.313 e. The normalized spacial score (nSPS) is 17.9. The maximum atomic E-state index is 12.0. The van der Waals surface area contributed by atoms with Crippen molar-refractivity contribution in [2.75, 3.05) is 6.61 Å². The Morgan fingerprint density at radius 2 is 1.89 bits per heavy atom. The highest BCUT2D eigenvalue weighted by Crippen LogP contribution is 2.26. The SMILES string of the molecule is CC(C(=O)OCCC1CCCCC1)c1ccccc1. The van der Waals surface area contributed by atoms with Gasteiger partial charge in [0, 0.05) is 0 Å². The molecule has 0 bridgehead atoms. The van der Waals surface area contributed by atoms with Crippen LogP contribution in [0.5, 0.6) is 0 Å². The van der Waals surface area contributed by atoms with Gasteiger partial charge in [-0.3, -0.25) is 4.79 Å². The molecule has 1 fully saturated rings. The van der Waals surface area contributed by atoms with E-state index in [1.165, 1.54) is 32.1 Å². The highest BCUT2D eigenvalue weighted by Gasteiger charge is 2.18. The van der Waals surface area contributed by atoms with Crippen molar-refractivity contribution >= 4 is 5.97 Å². The van der Waals surface area contributed by atoms with E-state index in [1.807, 2.05) is 37.3 Å². The van der Waals surface area contributed by atoms with Gasteiger partial charge in [0.2, 0.25) is 0 Å². The van der Waals surface area contributed by atoms with Crippen molar-refractivity contribution in [1.29, 1.82) is 0 Å². The first-order valence-electron chi connectivity index (χ1n) is 7.49. The fourth-order valence-corrected chi connectivity index (χ4v) is 2.80. The third-order valence-electron chi connectivity index (χ3n) is 4.15. The molecule has 0 spiro atoms. The van der Waals surface area contributed by atoms with Gasteiger partial charge in [0.15, 0.2) is 0 Å². The summed E-state index contributed by atoms with van der Waals surface area (Å²) in [7, 11) is 0. The zero-order chi connectivity index (χ0) is 13.5. The molecule has 2 heteroatoms. The van der Waals surface area contributed by atoms with Gasteiger partial charge in [-0.15, -0.1) is 0 Å². The molecule has 104 valence electrons. The summed E-state index contributed by atoms with van der Waals surface area (Å²) in [6, 6.07) is 9.84. The highest BCUT2D eigenvalue weighted by atomic mass is 16.5. The number of ether oxygens (including phenoxy) is 1. The predicted octanol–water partition coefficient (Wildman–Crippen LogP) is 4.30. The highest BCUT2D eigenvalue weighted by molar-refractivity contribution is 5.77. The summed E-state index contributed by atoms with van der Waals surface area (Å²) in [5.41, 5.74) is 1.03. The van der Waals surface area contributed by atoms with Crippen molar-refractivity contribution in [3.05, 3.63) is 35.9 Å². The molecule has 2 rings (SSSR count). The average Bonchev–Trinajstić information content (AvgIpc) is 2.48. The van der Waals surface area contributed by atoms with Gasteiger partial charge in [0.25, 0.3) is 0 Å². The second-order valence-corrected chi connectivity index (χ2v) is 5.59. The van der Waals surface area contributed by atoms with E-state index in [4.69, 9.17) is 4.74 Å². The van der Waals surface area contributed by atoms with Gasteiger partial charge in [0.1, 0.15) is 0 Å². The molecule has 1 atom stereocenters. The first-order valence-corrected chi connectivity index (χ1v) is 7.49. The molecule has 0 aromatic heterocycles. The number of esters is 1. The van der Waals surface area contributed by atoms with Crippen LogP contribution < -0.4 is 0 Å². The third-order valence-corrected chi connectivity index (χ3v) is 4.15. The molecule has 0 amide bonds. The minimum absolute atomic E-state index is 0.0954. The van der Waals surface area contributed by atoms with E-state index in [2.05, 4.69) is 0 Å². The van der Waals surface area contributed by atoms with Gasteiger partial charge < -0.3 is 4.74 Å². The standard InChI is InChI=1S/C17H24O2/c1-14(16-10-6-3-7-11-16)17(18)19-13-12-15-8-4-2-5-9-15/h3,6-7,10-11,14-15H,2,4-5,8-9,12-13H2,1H3. The van der Waals surface area contributed by atoms with Crippen molar-refractivity contribution in [2.24, 2.45) is 5.92 Å². The van der Waals surface area contributed by atoms with Crippen molar-refractivity contribution in [2.45, 2.75) is 51.4 Å². The van der Waals surface area contributed by atoms with E-state index in [9.17, 15) is 4.79 Å². The molecule has 1 aliphatic carbocycles. The largest absolute Gasteiger partial charge is 0.465 e. The summed E-state index contributed by atoms with van der Waals surface area (Å²) in [6.07, 6.45) is 7.73. The third kappa shape index (κ3) is 4.38. The molecule has 0 aliphatic heterocycles. The summed E-state index contributed by atoms with van der Waals surface area (Å²) in [6.45, 7) is 2.50. The Kier molecular flexibility index (Phi) is 5.44. The lowest BCUT2D eigenvalue weighted by molar-refractivity contribution is -0.145. The summed E-state index contributed by atoms with van der Waals surface area (Å²) in [4.78, 5) is 12.0. The average molecular weight is 260 g/mol. The minimum atomic E-state index is -0.160. The monoisotopic (exact) mass is 260 g/mol. The van der Waals surface area contributed by atoms with Gasteiger partial charge in [-0.2, -0.15) is 0 Å². The van der Waals surface area contributed by atoms with Crippen molar-refractivity contribution in [1.82, 2.24) is 0 Å². The van der Waals surface area contributed by atoms with Gasteiger partial charge in [0.05, 0.1) is 12.5 Å². The molecule has 0 heterocycles. The van der Waals surface area contributed by atoms with Gasteiger partial charge >= 0.3 is 5.97 Å². The number of hydrogen-bond donors (Lipinski definition) is 0. The molecule has 1 saturated carbocycles. The summed E-state index contributed by atoms with van der Waals surface area (Å²) in [5, 5.41) is 0. The fourth-order valence-electron chi connectivity index (χ4n) is 2.80. The van der Waals surface area contributed by atoms with Gasteiger partial charge in [-0.25, -0.2) is 0 Å². The van der Waals surface area contributed by atoms with Crippen LogP contribution in [0.25, 0.3) is 0 Å². The summed E-state index contributed by atoms with van der Waals surface area (Å²) in [5.74, 6) is 0.517. The Morgan fingerprint density at radius 1 is 1.21 bits per heavy atom. The fraction of sp³-hybridized carbons (Fsp3) is 0.588. The lowest BCUT2D eigenvalue weighted by atomic mass is 9.87. The van der Waals surface area contributed by atoms with Crippen LogP contribution in [-0.4, -0.2) is 12.6 Å². The second kappa shape index (κ2) is 7.32. The maximum Gasteiger partial charge on any atom is 0.313 e. The Bertz CT molecular complexity index is 380. The number of carbonyl (C=O) groups excluding carboxylic acids is 1. The van der Waals surface area contributed by atoms with Crippen LogP contribution in [0.1, 0.15) is 56.9 Å². The number of benzene rings is 1. The second-order valence-electron chi connectivity index (χ2n) is 5.59. The van der Waals surface area contributed by atoms with Crippen LogP contribution in [0.3, 0.4) is 0 Å². The van der Waals surface area contributed by atoms with E-state index in [0.717, 1.165) is 17.9 Å². The first-order chi connectivity index (χ1) is 9.27. The molecule has 19 heavy (non-hydrogen) atoms. The van der Waals surface area contributed by atoms with Crippen LogP contribution in [0.4, 0.5) is 0 Å². The van der Waals surface area contributed by atoms with Crippen LogP contribution >= 0.6 is 0 Å². The van der Waals surface area contributed by atoms with E-state index in [0.29, 0.717) is 6.61 Å². The topological polar surface area (TPSA) is 26.3 Å². The predicted molar refractivity (Wildman–Crippen MR) is 77.0 cm³/mol. The van der Waals surface area contributed by atoms with Crippen LogP contribution in [0.2, 0.25) is 0 Å². The molecular formula is C17H24O2. The first kappa shape index (κ1) is 14.1. The molecule has 1 unspecified atom stereocenters. The van der Waals surface area contributed by atoms with Gasteiger partial charge in [-0.1, -0.05) is 62.4 Å². The Morgan fingerprint density at radius 3 is 2.58 bits per heavy atom. The molecule has 0 saturated heterocycles. The molecule has 0 radical (unpaired) electrons. The Balaban J connectivity index is 1.72. The molecule has 2 nitrogen and oxygen atoms in total. The molecular weight excluding hydrogens is 236 g/mol. The van der Waals surface area contributed by atoms with Gasteiger partial charge in [-0.05, 0) is 24.8 Å². The molecule has 1 aliphatic rings. The summed E-state index contributed by atoms with van der Waals surface area (Å²) < 4.78 is 5.42. The molecule has 0 N–H and O–H groups in total. The number of hydrogen-bond acceptors (Lipinski definition) is 2. The quantitative estimate of drug-likeness (QED) is 0.738. The van der Waals surface area contributed by atoms with Crippen molar-refractivity contribution in [3.63, 3.8) is 0 Å². The summed E-state index contributed by atoms with van der Waals surface area (Å²) >= 11 is 0. The minimum Gasteiger partial charge on any atom is -0.465 e. The van der Waals surface area contributed by atoms with E-state index < -0.39 is 0 Å². The van der Waals surface area contributed by atoms with Crippen LogP contribution in [-0.2, 0) is 9.53 Å². The van der Waals surface area contributed by atoms with E-state index in [1.54, 1.807) is 0 Å². The lowest BCUT2D eigenvalue weighted by Gasteiger charge is -2.21. The Hall–Kier alpha value is -1.31. The number of rotatable bonds is 5. The van der Waals surface area contributed by atoms with Crippen molar-refractivity contribution in [3.8, 4) is 0 Å². The van der Waals surface area contributed by atoms with E-state index in [-0.39, 0.29) is 11.9 Å². The zero-order valence-electron chi connectivity index (χ0n) is 11.8. The zero-order valence-corrected chi connectivity index (χ0v) is 11.8.